The topological polar surface area (TPSA) is 56.7 Å². The van der Waals surface area contributed by atoms with Crippen LogP contribution in [0.3, 0.4) is 0 Å². The molecule has 0 N–H and O–H groups in total. The van der Waals surface area contributed by atoms with E-state index < -0.39 is 0 Å². The lowest BCUT2D eigenvalue weighted by atomic mass is 9.97. The lowest BCUT2D eigenvalue weighted by Crippen LogP contribution is -2.00. The number of aromatic nitrogens is 4. The third kappa shape index (κ3) is 5.73. The molecule has 294 valence electrons. The minimum Gasteiger partial charge on any atom is -0.453 e. The molecule has 5 nitrogen and oxygen atoms in total. The minimum absolute atomic E-state index is 0.580. The fourth-order valence-electron chi connectivity index (χ4n) is 9.34. The molecule has 0 aliphatic heterocycles. The Morgan fingerprint density at radius 1 is 0.349 bits per heavy atom. The first-order valence-corrected chi connectivity index (χ1v) is 21.9. The fourth-order valence-corrected chi connectivity index (χ4v) is 10.4. The van der Waals surface area contributed by atoms with Crippen LogP contribution in [0.5, 0.6) is 0 Å². The zero-order valence-corrected chi connectivity index (χ0v) is 34.6. The van der Waals surface area contributed by atoms with Crippen molar-refractivity contribution in [2.24, 2.45) is 0 Å². The highest BCUT2D eigenvalue weighted by molar-refractivity contribution is 7.25. The molecule has 0 radical (unpaired) electrons. The summed E-state index contributed by atoms with van der Waals surface area (Å²) in [7, 11) is 0. The van der Waals surface area contributed by atoms with E-state index in [-0.39, 0.29) is 0 Å². The van der Waals surface area contributed by atoms with Crippen LogP contribution >= 0.6 is 11.3 Å². The van der Waals surface area contributed by atoms with Crippen LogP contribution in [-0.4, -0.2) is 19.5 Å². The summed E-state index contributed by atoms with van der Waals surface area (Å²) in [5.41, 5.74) is 11.9. The van der Waals surface area contributed by atoms with E-state index in [4.69, 9.17) is 19.4 Å². The molecule has 0 fully saturated rings. The van der Waals surface area contributed by atoms with Crippen LogP contribution in [-0.2, 0) is 0 Å². The summed E-state index contributed by atoms with van der Waals surface area (Å²) in [5.74, 6) is 1.80. The molecule has 6 heteroatoms. The van der Waals surface area contributed by atoms with Gasteiger partial charge in [0.1, 0.15) is 5.58 Å². The van der Waals surface area contributed by atoms with Crippen LogP contribution < -0.4 is 0 Å². The summed E-state index contributed by atoms with van der Waals surface area (Å²) in [4.78, 5) is 15.5. The Labute approximate surface area is 365 Å². The maximum absolute atomic E-state index is 7.39. The lowest BCUT2D eigenvalue weighted by molar-refractivity contribution is 0.667. The minimum atomic E-state index is 0.580. The third-order valence-electron chi connectivity index (χ3n) is 12.3. The standard InChI is InChI=1S/C57H34N4OS/c1-4-15-35(16-5-1)38-27-29-42-41-21-10-12-24-47(41)61(49(42)34-38)48-25-14-23-44-52-45(57-59-55(36-17-6-2-7-18-36)58-56(60-57)37-19-8-3-9-20-37)31-30-40(54(52)62-53(44)48)39-28-32-51-46(33-39)43-22-11-13-26-50(43)63-51/h1-34H. The van der Waals surface area contributed by atoms with Crippen molar-refractivity contribution in [3.05, 3.63) is 206 Å². The van der Waals surface area contributed by atoms with Crippen molar-refractivity contribution in [2.75, 3.05) is 0 Å². The monoisotopic (exact) mass is 822 g/mol. The maximum atomic E-state index is 7.39. The number of hydrogen-bond acceptors (Lipinski definition) is 5. The zero-order chi connectivity index (χ0) is 41.4. The summed E-state index contributed by atoms with van der Waals surface area (Å²) in [6.45, 7) is 0. The molecule has 0 unspecified atom stereocenters. The van der Waals surface area contributed by atoms with E-state index in [0.29, 0.717) is 17.5 Å². The van der Waals surface area contributed by atoms with Crippen molar-refractivity contribution < 1.29 is 4.42 Å². The van der Waals surface area contributed by atoms with E-state index in [1.165, 1.54) is 36.5 Å². The number of furan rings is 1. The largest absolute Gasteiger partial charge is 0.453 e. The van der Waals surface area contributed by atoms with Gasteiger partial charge in [0, 0.05) is 64.0 Å². The molecule has 0 saturated carbocycles. The summed E-state index contributed by atoms with van der Waals surface area (Å²) in [6, 6.07) is 72.6. The van der Waals surface area contributed by atoms with Crippen molar-refractivity contribution >= 4 is 75.3 Å². The second-order valence-corrected chi connectivity index (χ2v) is 17.0. The highest BCUT2D eigenvalue weighted by Crippen LogP contribution is 2.46. The number of nitrogens with zero attached hydrogens (tertiary/aromatic N) is 4. The van der Waals surface area contributed by atoms with Crippen molar-refractivity contribution in [1.29, 1.82) is 0 Å². The van der Waals surface area contributed by atoms with E-state index in [1.54, 1.807) is 0 Å². The van der Waals surface area contributed by atoms with Crippen LogP contribution in [0.4, 0.5) is 0 Å². The first kappa shape index (κ1) is 35.6. The third-order valence-corrected chi connectivity index (χ3v) is 13.4. The highest BCUT2D eigenvalue weighted by atomic mass is 32.1. The molecule has 0 spiro atoms. The molecule has 13 rings (SSSR count). The molecular weight excluding hydrogens is 789 g/mol. The van der Waals surface area contributed by atoms with Gasteiger partial charge in [-0.05, 0) is 65.2 Å². The van der Waals surface area contributed by atoms with Crippen molar-refractivity contribution in [3.63, 3.8) is 0 Å². The Hall–Kier alpha value is -8.19. The van der Waals surface area contributed by atoms with E-state index in [9.17, 15) is 0 Å². The van der Waals surface area contributed by atoms with Gasteiger partial charge in [0.2, 0.25) is 0 Å². The maximum Gasteiger partial charge on any atom is 0.164 e. The first-order chi connectivity index (χ1) is 31.2. The SMILES string of the molecule is c1ccc(-c2ccc3c4ccccc4n(-c4cccc5c4oc4c(-c6ccc7sc8ccccc8c7c6)ccc(-c6nc(-c7ccccc7)nc(-c7ccccc7)n6)c45)c3c2)cc1. The van der Waals surface area contributed by atoms with Crippen LogP contribution in [0.25, 0.3) is 126 Å². The normalized spacial score (nSPS) is 11.8. The summed E-state index contributed by atoms with van der Waals surface area (Å²) in [6.07, 6.45) is 0. The van der Waals surface area contributed by atoms with Gasteiger partial charge in [-0.2, -0.15) is 0 Å². The van der Waals surface area contributed by atoms with Gasteiger partial charge in [-0.3, -0.25) is 0 Å². The molecule has 4 heterocycles. The smallest absolute Gasteiger partial charge is 0.164 e. The molecular formula is C57H34N4OS. The second-order valence-electron chi connectivity index (χ2n) is 15.9. The zero-order valence-electron chi connectivity index (χ0n) is 33.7. The van der Waals surface area contributed by atoms with E-state index >= 15 is 0 Å². The molecule has 4 aromatic heterocycles. The van der Waals surface area contributed by atoms with E-state index in [2.05, 4.69) is 150 Å². The predicted molar refractivity (Wildman–Crippen MR) is 262 cm³/mol. The van der Waals surface area contributed by atoms with Gasteiger partial charge < -0.3 is 8.98 Å². The van der Waals surface area contributed by atoms with Crippen LogP contribution in [0, 0.1) is 0 Å². The average Bonchev–Trinajstić information content (AvgIpc) is 4.04. The Morgan fingerprint density at radius 2 is 0.937 bits per heavy atom. The van der Waals surface area contributed by atoms with Gasteiger partial charge in [0.25, 0.3) is 0 Å². The number of rotatable bonds is 6. The van der Waals surface area contributed by atoms with Gasteiger partial charge in [-0.1, -0.05) is 158 Å². The number of thiophene rings is 1. The van der Waals surface area contributed by atoms with Crippen LogP contribution in [0.1, 0.15) is 0 Å². The predicted octanol–water partition coefficient (Wildman–Crippen LogP) is 15.6. The lowest BCUT2D eigenvalue weighted by Gasteiger charge is -2.11. The van der Waals surface area contributed by atoms with Crippen molar-refractivity contribution in [1.82, 2.24) is 19.5 Å². The Balaban J connectivity index is 1.12. The van der Waals surface area contributed by atoms with E-state index in [0.717, 1.165) is 72.0 Å². The molecule has 13 aromatic rings. The summed E-state index contributed by atoms with van der Waals surface area (Å²) < 4.78 is 12.3. The van der Waals surface area contributed by atoms with Gasteiger partial charge in [-0.25, -0.2) is 15.0 Å². The van der Waals surface area contributed by atoms with Gasteiger partial charge in [0.15, 0.2) is 23.1 Å². The van der Waals surface area contributed by atoms with Crippen molar-refractivity contribution in [3.8, 4) is 62.1 Å². The van der Waals surface area contributed by atoms with Gasteiger partial charge >= 0.3 is 0 Å². The van der Waals surface area contributed by atoms with Crippen LogP contribution in [0.15, 0.2) is 211 Å². The quantitative estimate of drug-likeness (QED) is 0.168. The summed E-state index contributed by atoms with van der Waals surface area (Å²) in [5, 5.41) is 6.80. The average molecular weight is 823 g/mol. The van der Waals surface area contributed by atoms with E-state index in [1.807, 2.05) is 72.0 Å². The molecule has 0 saturated heterocycles. The molecule has 9 aromatic carbocycles. The Kier molecular flexibility index (Phi) is 8.01. The number of para-hydroxylation sites is 2. The molecule has 0 bridgehead atoms. The highest BCUT2D eigenvalue weighted by Gasteiger charge is 2.24. The van der Waals surface area contributed by atoms with Gasteiger partial charge in [0.05, 0.1) is 16.7 Å². The molecule has 0 amide bonds. The fraction of sp³-hybridized carbons (Fsp3) is 0. The molecule has 0 atom stereocenters. The number of benzene rings is 9. The van der Waals surface area contributed by atoms with Crippen molar-refractivity contribution in [2.45, 2.75) is 0 Å². The van der Waals surface area contributed by atoms with Gasteiger partial charge in [-0.15, -0.1) is 11.3 Å². The molecule has 0 aliphatic rings. The Bertz CT molecular complexity index is 3850. The number of hydrogen-bond donors (Lipinski definition) is 0. The first-order valence-electron chi connectivity index (χ1n) is 21.1. The summed E-state index contributed by atoms with van der Waals surface area (Å²) >= 11 is 1.82. The van der Waals surface area contributed by atoms with Crippen LogP contribution in [0.2, 0.25) is 0 Å². The molecule has 63 heavy (non-hydrogen) atoms. The Morgan fingerprint density at radius 3 is 1.70 bits per heavy atom. The molecule has 0 aliphatic carbocycles. The number of fused-ring (bicyclic) bond motifs is 9. The second kappa shape index (κ2) is 14.2.